The van der Waals surface area contributed by atoms with Gasteiger partial charge in [-0.3, -0.25) is 14.4 Å². The first-order valence-corrected chi connectivity index (χ1v) is 8.57. The minimum Gasteiger partial charge on any atom is -0.428 e. The van der Waals surface area contributed by atoms with E-state index in [2.05, 4.69) is 19.3 Å². The summed E-state index contributed by atoms with van der Waals surface area (Å²) in [6.07, 6.45) is 1.93. The number of carbonyl (C=O) groups is 2. The molecule has 1 N–H and O–H groups in total. The second kappa shape index (κ2) is 8.62. The van der Waals surface area contributed by atoms with Crippen molar-refractivity contribution in [3.05, 3.63) is 41.0 Å². The second-order valence-electron chi connectivity index (χ2n) is 6.39. The Bertz CT molecular complexity index is 724. The third-order valence-corrected chi connectivity index (χ3v) is 4.22. The quantitative estimate of drug-likeness (QED) is 0.583. The summed E-state index contributed by atoms with van der Waals surface area (Å²) in [6, 6.07) is 7.21. The Labute approximate surface area is 148 Å². The van der Waals surface area contributed by atoms with Gasteiger partial charge in [0.15, 0.2) is 0 Å². The maximum absolute atomic E-state index is 12.1. The minimum atomic E-state index is -0.308. The van der Waals surface area contributed by atoms with E-state index in [-0.39, 0.29) is 5.91 Å². The van der Waals surface area contributed by atoms with Crippen molar-refractivity contribution in [2.75, 3.05) is 6.61 Å². The molecule has 2 aliphatic carbocycles. The molecule has 1 amide bonds. The highest BCUT2D eigenvalue weighted by Crippen LogP contribution is 2.42. The molecule has 2 rings (SSSR count). The molecule has 5 nitrogen and oxygen atoms in total. The molecule has 25 heavy (non-hydrogen) atoms. The van der Waals surface area contributed by atoms with Crippen molar-refractivity contribution in [3.8, 4) is 16.9 Å². The average molecular weight is 343 g/mol. The summed E-state index contributed by atoms with van der Waals surface area (Å²) in [5, 5.41) is 0. The van der Waals surface area contributed by atoms with Crippen LogP contribution in [0.2, 0.25) is 0 Å². The summed E-state index contributed by atoms with van der Waals surface area (Å²) in [5.41, 5.74) is 6.85. The number of hydrogen-bond donors (Lipinski definition) is 1. The Morgan fingerprint density at radius 3 is 2.48 bits per heavy atom. The van der Waals surface area contributed by atoms with Crippen LogP contribution in [0.4, 0.5) is 0 Å². The van der Waals surface area contributed by atoms with Crippen molar-refractivity contribution in [3.63, 3.8) is 0 Å². The van der Waals surface area contributed by atoms with Crippen LogP contribution in [0, 0.1) is 12.8 Å². The van der Waals surface area contributed by atoms with E-state index in [1.165, 1.54) is 0 Å². The van der Waals surface area contributed by atoms with Gasteiger partial charge in [0, 0.05) is 11.1 Å². The first kappa shape index (κ1) is 18.9. The Morgan fingerprint density at radius 1 is 1.20 bits per heavy atom. The van der Waals surface area contributed by atoms with Crippen LogP contribution in [0.25, 0.3) is 11.1 Å². The molecule has 2 aliphatic rings. The molecule has 0 saturated carbocycles. The summed E-state index contributed by atoms with van der Waals surface area (Å²) >= 11 is 0. The maximum Gasteiger partial charge on any atom is 0.298 e. The van der Waals surface area contributed by atoms with E-state index in [9.17, 15) is 9.59 Å². The predicted octanol–water partition coefficient (Wildman–Crippen LogP) is 3.90. The number of amides is 1. The average Bonchev–Trinajstić information content (AvgIpc) is 2.73. The van der Waals surface area contributed by atoms with E-state index in [1.54, 1.807) is 19.1 Å². The molecule has 134 valence electrons. The standard InChI is InChI=1S/C20H25NO4/c1-5-25-21-20(23)15-7-10-17-16(9-6-13(2)3)14(4)19(24-12-22)18(17)11-8-15/h7-8,10-13H,5-6,9H2,1-4H3,(H,21,23). The molecule has 0 aliphatic heterocycles. The van der Waals surface area contributed by atoms with E-state index >= 15 is 0 Å². The molecule has 0 aromatic heterocycles. The molecular formula is C20H25NO4. The molecule has 0 fully saturated rings. The highest BCUT2D eigenvalue weighted by molar-refractivity contribution is 5.94. The molecule has 0 radical (unpaired) electrons. The van der Waals surface area contributed by atoms with Gasteiger partial charge in [0.05, 0.1) is 6.61 Å². The number of hydroxylamine groups is 1. The summed E-state index contributed by atoms with van der Waals surface area (Å²) in [7, 11) is 0. The number of ether oxygens (including phenoxy) is 1. The molecule has 0 aromatic carbocycles. The van der Waals surface area contributed by atoms with Gasteiger partial charge in [-0.25, -0.2) is 5.48 Å². The van der Waals surface area contributed by atoms with E-state index < -0.39 is 0 Å². The van der Waals surface area contributed by atoms with Gasteiger partial charge in [0.1, 0.15) is 5.75 Å². The second-order valence-corrected chi connectivity index (χ2v) is 6.39. The van der Waals surface area contributed by atoms with Gasteiger partial charge in [0.25, 0.3) is 12.4 Å². The summed E-state index contributed by atoms with van der Waals surface area (Å²) in [5.74, 6) is 0.832. The third kappa shape index (κ3) is 4.37. The van der Waals surface area contributed by atoms with Gasteiger partial charge >= 0.3 is 0 Å². The summed E-state index contributed by atoms with van der Waals surface area (Å²) in [4.78, 5) is 28.0. The summed E-state index contributed by atoms with van der Waals surface area (Å²) in [6.45, 7) is 8.97. The first-order valence-electron chi connectivity index (χ1n) is 8.57. The van der Waals surface area contributed by atoms with E-state index in [0.29, 0.717) is 30.3 Å². The van der Waals surface area contributed by atoms with Crippen LogP contribution < -0.4 is 10.2 Å². The Hall–Kier alpha value is -2.40. The monoisotopic (exact) mass is 343 g/mol. The van der Waals surface area contributed by atoms with Gasteiger partial charge < -0.3 is 4.74 Å². The molecule has 0 saturated heterocycles. The highest BCUT2D eigenvalue weighted by Gasteiger charge is 2.21. The molecular weight excluding hydrogens is 318 g/mol. The molecule has 0 heterocycles. The highest BCUT2D eigenvalue weighted by atomic mass is 16.6. The first-order chi connectivity index (χ1) is 12.0. The smallest absolute Gasteiger partial charge is 0.298 e. The maximum atomic E-state index is 12.1. The SMILES string of the molecule is CCONC(=O)c1ccc2c(CCC(C)C)c(C)c(OC=O)c-2cc1. The topological polar surface area (TPSA) is 64.6 Å². The lowest BCUT2D eigenvalue weighted by atomic mass is 9.99. The van der Waals surface area contributed by atoms with Crippen LogP contribution in [0.15, 0.2) is 24.3 Å². The van der Waals surface area contributed by atoms with Crippen LogP contribution in [-0.2, 0) is 16.1 Å². The lowest BCUT2D eigenvalue weighted by Crippen LogP contribution is -2.23. The van der Waals surface area contributed by atoms with Crippen LogP contribution in [0.3, 0.4) is 0 Å². The number of hydrogen-bond acceptors (Lipinski definition) is 4. The van der Waals surface area contributed by atoms with Gasteiger partial charge in [-0.2, -0.15) is 0 Å². The van der Waals surface area contributed by atoms with E-state index in [4.69, 9.17) is 9.57 Å². The van der Waals surface area contributed by atoms with Crippen LogP contribution in [-0.4, -0.2) is 19.0 Å². The lowest BCUT2D eigenvalue weighted by Gasteiger charge is -2.06. The van der Waals surface area contributed by atoms with E-state index in [1.807, 2.05) is 19.1 Å². The van der Waals surface area contributed by atoms with Gasteiger partial charge in [-0.05, 0) is 67.5 Å². The largest absolute Gasteiger partial charge is 0.428 e. The van der Waals surface area contributed by atoms with E-state index in [0.717, 1.165) is 35.1 Å². The number of nitrogens with one attached hydrogen (secondary N) is 1. The Balaban J connectivity index is 2.48. The van der Waals surface area contributed by atoms with Crippen LogP contribution >= 0.6 is 0 Å². The zero-order chi connectivity index (χ0) is 18.4. The zero-order valence-corrected chi connectivity index (χ0v) is 15.2. The normalized spacial score (nSPS) is 10.9. The Morgan fingerprint density at radius 2 is 1.88 bits per heavy atom. The Kier molecular flexibility index (Phi) is 6.53. The molecule has 5 heteroatoms. The number of carbonyl (C=O) groups excluding carboxylic acids is 2. The van der Waals surface area contributed by atoms with Crippen molar-refractivity contribution < 1.29 is 19.2 Å². The van der Waals surface area contributed by atoms with Crippen molar-refractivity contribution >= 4 is 12.4 Å². The minimum absolute atomic E-state index is 0.308. The van der Waals surface area contributed by atoms with Gasteiger partial charge in [-0.1, -0.05) is 19.9 Å². The fourth-order valence-electron chi connectivity index (χ4n) is 2.89. The van der Waals surface area contributed by atoms with Crippen molar-refractivity contribution in [1.82, 2.24) is 5.48 Å². The molecule has 0 atom stereocenters. The van der Waals surface area contributed by atoms with Crippen LogP contribution in [0.1, 0.15) is 48.7 Å². The predicted molar refractivity (Wildman–Crippen MR) is 96.7 cm³/mol. The van der Waals surface area contributed by atoms with Crippen molar-refractivity contribution in [2.45, 2.75) is 40.5 Å². The zero-order valence-electron chi connectivity index (χ0n) is 15.2. The van der Waals surface area contributed by atoms with Crippen molar-refractivity contribution in [2.24, 2.45) is 5.92 Å². The van der Waals surface area contributed by atoms with Gasteiger partial charge in [0.2, 0.25) is 0 Å². The molecule has 0 bridgehead atoms. The van der Waals surface area contributed by atoms with Crippen molar-refractivity contribution in [1.29, 1.82) is 0 Å². The fourth-order valence-corrected chi connectivity index (χ4v) is 2.89. The number of fused-ring (bicyclic) bond motifs is 1. The lowest BCUT2D eigenvalue weighted by molar-refractivity contribution is -0.120. The van der Waals surface area contributed by atoms with Gasteiger partial charge in [-0.15, -0.1) is 0 Å². The molecule has 0 aromatic rings. The third-order valence-electron chi connectivity index (χ3n) is 4.22. The molecule has 0 spiro atoms. The number of rotatable bonds is 8. The van der Waals surface area contributed by atoms with Crippen LogP contribution in [0.5, 0.6) is 5.75 Å². The fraction of sp³-hybridized carbons (Fsp3) is 0.400. The molecule has 0 unspecified atom stereocenters. The summed E-state index contributed by atoms with van der Waals surface area (Å²) < 4.78 is 5.24.